The van der Waals surface area contributed by atoms with E-state index in [-0.39, 0.29) is 28.9 Å². The third kappa shape index (κ3) is 4.05. The van der Waals surface area contributed by atoms with Crippen LogP contribution in [0.3, 0.4) is 0 Å². The zero-order chi connectivity index (χ0) is 23.9. The molecule has 33 heavy (non-hydrogen) atoms. The minimum Gasteiger partial charge on any atom is -0.477 e. The van der Waals surface area contributed by atoms with Crippen LogP contribution >= 0.6 is 23.3 Å². The summed E-state index contributed by atoms with van der Waals surface area (Å²) < 4.78 is 17.5. The van der Waals surface area contributed by atoms with E-state index in [0.717, 1.165) is 34.3 Å². The molecule has 0 spiro atoms. The highest BCUT2D eigenvalue weighted by atomic mass is 32.2. The van der Waals surface area contributed by atoms with Crippen LogP contribution in [0, 0.1) is 5.82 Å². The Hall–Kier alpha value is -3.79. The number of anilines is 2. The maximum atomic E-state index is 13.7. The first kappa shape index (κ1) is 22.4. The number of hydrogen-bond acceptors (Lipinski definition) is 12. The van der Waals surface area contributed by atoms with Gasteiger partial charge in [-0.15, -0.1) is 0 Å². The average molecular weight is 494 g/mol. The number of β-lactam (4-membered cyclic amide) rings is 1. The van der Waals surface area contributed by atoms with E-state index in [9.17, 15) is 29.1 Å². The van der Waals surface area contributed by atoms with Gasteiger partial charge in [-0.3, -0.25) is 14.5 Å². The molecule has 2 amide bonds. The molecule has 16 heteroatoms. The molecule has 0 aliphatic carbocycles. The monoisotopic (exact) mass is 494 g/mol. The van der Waals surface area contributed by atoms with Crippen LogP contribution in [0.25, 0.3) is 0 Å². The predicted octanol–water partition coefficient (Wildman–Crippen LogP) is -0.00720. The fraction of sp³-hybridized carbons (Fsp3) is 0.235. The van der Waals surface area contributed by atoms with Crippen molar-refractivity contribution in [2.45, 2.75) is 29.8 Å². The number of amides is 2. The summed E-state index contributed by atoms with van der Waals surface area (Å²) in [5.74, 6) is -4.16. The summed E-state index contributed by atoms with van der Waals surface area (Å²) in [4.78, 5) is 46.4. The SMILES string of the molecule is Nc1nc(/C(=N/O)C(=O)N[C@@H]2C(=O)N3C(C(=O)O)=C(Sc4cnc(N)c(F)c4)CCC23)ns1. The average Bonchev–Trinajstić information content (AvgIpc) is 3.20. The van der Waals surface area contributed by atoms with Gasteiger partial charge in [0, 0.05) is 27.5 Å². The highest BCUT2D eigenvalue weighted by Crippen LogP contribution is 2.43. The van der Waals surface area contributed by atoms with Crippen molar-refractivity contribution in [1.29, 1.82) is 0 Å². The van der Waals surface area contributed by atoms with Crippen LogP contribution in [0.5, 0.6) is 0 Å². The molecule has 4 heterocycles. The highest BCUT2D eigenvalue weighted by molar-refractivity contribution is 8.03. The molecule has 2 aliphatic heterocycles. The number of nitrogen functional groups attached to an aromatic ring is 2. The van der Waals surface area contributed by atoms with Crippen LogP contribution in [0.15, 0.2) is 32.9 Å². The van der Waals surface area contributed by atoms with Crippen LogP contribution in [-0.2, 0) is 14.4 Å². The van der Waals surface area contributed by atoms with Gasteiger partial charge in [0.2, 0.25) is 11.5 Å². The Labute approximate surface area is 192 Å². The number of hydrogen-bond donors (Lipinski definition) is 5. The molecule has 7 N–H and O–H groups in total. The Morgan fingerprint density at radius 1 is 1.39 bits per heavy atom. The standard InChI is InChI=1S/C17H15FN8O5S2/c18-6-3-5(4-21-12(6)19)32-8-2-1-7-9(15(28)26(7)11(8)16(29)30)22-14(27)10(24-31)13-23-17(20)33-25-13/h3-4,7,9,31H,1-2H2,(H2,19,21)(H,22,27)(H,29,30)(H2,20,23,25)/b24-10-/t7?,9-/m0/s1. The van der Waals surface area contributed by atoms with Crippen molar-refractivity contribution in [2.75, 3.05) is 11.5 Å². The topological polar surface area (TPSA) is 210 Å². The summed E-state index contributed by atoms with van der Waals surface area (Å²) in [6.45, 7) is 0. The second-order valence-corrected chi connectivity index (χ2v) is 8.84. The summed E-state index contributed by atoms with van der Waals surface area (Å²) in [5, 5.41) is 24.3. The Morgan fingerprint density at radius 2 is 2.15 bits per heavy atom. The van der Waals surface area contributed by atoms with Gasteiger partial charge in [0.15, 0.2) is 16.8 Å². The second kappa shape index (κ2) is 8.62. The van der Waals surface area contributed by atoms with Crippen molar-refractivity contribution in [3.05, 3.63) is 34.5 Å². The number of thioether (sulfide) groups is 1. The zero-order valence-corrected chi connectivity index (χ0v) is 18.1. The van der Waals surface area contributed by atoms with Crippen LogP contribution in [0.2, 0.25) is 0 Å². The number of rotatable bonds is 6. The second-order valence-electron chi connectivity index (χ2n) is 6.89. The third-order valence-corrected chi connectivity index (χ3v) is 6.58. The summed E-state index contributed by atoms with van der Waals surface area (Å²) in [5.41, 5.74) is 10.0. The van der Waals surface area contributed by atoms with Crippen molar-refractivity contribution < 1.29 is 29.1 Å². The maximum Gasteiger partial charge on any atom is 0.353 e. The quantitative estimate of drug-likeness (QED) is 0.156. The number of oxime groups is 1. The molecule has 0 aromatic carbocycles. The van der Waals surface area contributed by atoms with Gasteiger partial charge in [0.25, 0.3) is 11.8 Å². The number of carboxylic acid groups (broad SMARTS) is 1. The number of nitrogens with one attached hydrogen (secondary N) is 1. The van der Waals surface area contributed by atoms with Gasteiger partial charge in [0.05, 0.1) is 6.04 Å². The molecular weight excluding hydrogens is 479 g/mol. The molecule has 172 valence electrons. The molecule has 2 aliphatic rings. The lowest BCUT2D eigenvalue weighted by atomic mass is 9.86. The lowest BCUT2D eigenvalue weighted by Gasteiger charge is -2.50. The molecule has 2 atom stereocenters. The number of aliphatic carboxylic acids is 1. The maximum absolute atomic E-state index is 13.7. The molecule has 4 rings (SSSR count). The number of pyridine rings is 1. The number of nitrogens with zero attached hydrogens (tertiary/aromatic N) is 5. The van der Waals surface area contributed by atoms with E-state index in [1.807, 2.05) is 0 Å². The van der Waals surface area contributed by atoms with Gasteiger partial charge in [-0.05, 0) is 18.9 Å². The van der Waals surface area contributed by atoms with E-state index >= 15 is 0 Å². The van der Waals surface area contributed by atoms with Gasteiger partial charge in [-0.1, -0.05) is 16.9 Å². The van der Waals surface area contributed by atoms with E-state index in [4.69, 9.17) is 11.5 Å². The van der Waals surface area contributed by atoms with Crippen LogP contribution < -0.4 is 16.8 Å². The van der Waals surface area contributed by atoms with E-state index < -0.39 is 41.4 Å². The van der Waals surface area contributed by atoms with E-state index in [1.165, 1.54) is 6.20 Å². The fourth-order valence-electron chi connectivity index (χ4n) is 3.49. The molecule has 2 aromatic heterocycles. The lowest BCUT2D eigenvalue weighted by Crippen LogP contribution is -2.72. The van der Waals surface area contributed by atoms with E-state index in [1.54, 1.807) is 0 Å². The molecular formula is C17H15FN8O5S2. The molecule has 0 radical (unpaired) electrons. The first-order chi connectivity index (χ1) is 15.7. The number of fused-ring (bicyclic) bond motifs is 1. The fourth-order valence-corrected chi connectivity index (χ4v) is 4.98. The van der Waals surface area contributed by atoms with Crippen molar-refractivity contribution in [1.82, 2.24) is 24.6 Å². The molecule has 0 bridgehead atoms. The van der Waals surface area contributed by atoms with E-state index in [2.05, 4.69) is 24.8 Å². The Balaban J connectivity index is 1.53. The predicted molar refractivity (Wildman–Crippen MR) is 114 cm³/mol. The van der Waals surface area contributed by atoms with Gasteiger partial charge < -0.3 is 27.1 Å². The van der Waals surface area contributed by atoms with Crippen molar-refractivity contribution in [2.24, 2.45) is 5.16 Å². The van der Waals surface area contributed by atoms with Crippen molar-refractivity contribution >= 4 is 57.7 Å². The number of halogens is 1. The Kier molecular flexibility index (Phi) is 5.86. The summed E-state index contributed by atoms with van der Waals surface area (Å²) in [6, 6.07) is -0.546. The lowest BCUT2D eigenvalue weighted by molar-refractivity contribution is -0.155. The number of aromatic nitrogens is 3. The van der Waals surface area contributed by atoms with Crippen molar-refractivity contribution in [3.8, 4) is 0 Å². The van der Waals surface area contributed by atoms with E-state index in [0.29, 0.717) is 16.2 Å². The molecule has 1 fully saturated rings. The number of carboxylic acids is 1. The van der Waals surface area contributed by atoms with Crippen LogP contribution in [0.1, 0.15) is 18.7 Å². The molecule has 13 nitrogen and oxygen atoms in total. The van der Waals surface area contributed by atoms with Crippen LogP contribution in [-0.4, -0.2) is 65.1 Å². The Morgan fingerprint density at radius 3 is 2.76 bits per heavy atom. The zero-order valence-electron chi connectivity index (χ0n) is 16.4. The van der Waals surface area contributed by atoms with Gasteiger partial charge >= 0.3 is 5.97 Å². The largest absolute Gasteiger partial charge is 0.477 e. The number of carbonyl (C=O) groups excluding carboxylic acids is 2. The molecule has 1 saturated heterocycles. The minimum absolute atomic E-state index is 0.0505. The highest BCUT2D eigenvalue weighted by Gasteiger charge is 2.53. The van der Waals surface area contributed by atoms with Gasteiger partial charge in [0.1, 0.15) is 11.7 Å². The molecule has 2 aromatic rings. The first-order valence-electron chi connectivity index (χ1n) is 9.22. The number of carbonyl (C=O) groups is 3. The molecule has 0 saturated carbocycles. The minimum atomic E-state index is -1.34. The third-order valence-electron chi connectivity index (χ3n) is 4.94. The first-order valence-corrected chi connectivity index (χ1v) is 10.8. The summed E-state index contributed by atoms with van der Waals surface area (Å²) in [6.07, 6.45) is 1.88. The Bertz CT molecular complexity index is 1230. The summed E-state index contributed by atoms with van der Waals surface area (Å²) in [7, 11) is 0. The summed E-state index contributed by atoms with van der Waals surface area (Å²) >= 11 is 1.76. The number of allylic oxidation sites excluding steroid dienone is 1. The number of nitrogens with two attached hydrogens (primary N) is 2. The van der Waals surface area contributed by atoms with Gasteiger partial charge in [-0.2, -0.15) is 9.36 Å². The molecule has 1 unspecified atom stereocenters. The smallest absolute Gasteiger partial charge is 0.353 e. The van der Waals surface area contributed by atoms with Crippen molar-refractivity contribution in [3.63, 3.8) is 0 Å². The van der Waals surface area contributed by atoms with Crippen LogP contribution in [0.4, 0.5) is 15.3 Å². The van der Waals surface area contributed by atoms with Gasteiger partial charge in [-0.25, -0.2) is 14.2 Å². The normalized spacial score (nSPS) is 20.3.